The average molecular weight is 169 g/mol. The maximum Gasteiger partial charge on any atom is 0.309 e. The van der Waals surface area contributed by atoms with Gasteiger partial charge in [0.25, 0.3) is 0 Å². The quantitative estimate of drug-likeness (QED) is 0.492. The fourth-order valence-corrected chi connectivity index (χ4v) is 1.26. The first-order valence-electron chi connectivity index (χ1n) is 4.28. The smallest absolute Gasteiger partial charge is 0.309 e. The van der Waals surface area contributed by atoms with Gasteiger partial charge >= 0.3 is 5.97 Å². The second kappa shape index (κ2) is 4.93. The zero-order valence-electron chi connectivity index (χ0n) is 7.43. The van der Waals surface area contributed by atoms with Crippen molar-refractivity contribution in [1.82, 2.24) is 5.32 Å². The molecule has 1 aliphatic heterocycles. The van der Waals surface area contributed by atoms with E-state index < -0.39 is 0 Å². The summed E-state index contributed by atoms with van der Waals surface area (Å²) >= 11 is 0. The van der Waals surface area contributed by atoms with E-state index in [1.165, 1.54) is 19.1 Å². The van der Waals surface area contributed by atoms with Gasteiger partial charge in [-0.1, -0.05) is 11.6 Å². The Morgan fingerprint density at radius 1 is 1.75 bits per heavy atom. The van der Waals surface area contributed by atoms with Crippen LogP contribution in [0.5, 0.6) is 0 Å². The Morgan fingerprint density at radius 3 is 3.17 bits per heavy atom. The molecule has 0 saturated carbocycles. The molecule has 0 amide bonds. The lowest BCUT2D eigenvalue weighted by molar-refractivity contribution is -0.139. The highest BCUT2D eigenvalue weighted by Crippen LogP contribution is 2.08. The highest BCUT2D eigenvalue weighted by molar-refractivity contribution is 5.71. The van der Waals surface area contributed by atoms with Gasteiger partial charge in [-0.25, -0.2) is 0 Å². The van der Waals surface area contributed by atoms with Crippen LogP contribution in [0.4, 0.5) is 0 Å². The van der Waals surface area contributed by atoms with E-state index in [4.69, 9.17) is 0 Å². The summed E-state index contributed by atoms with van der Waals surface area (Å²) in [5.41, 5.74) is 1.33. The summed E-state index contributed by atoms with van der Waals surface area (Å²) in [4.78, 5) is 10.8. The third kappa shape index (κ3) is 3.05. The summed E-state index contributed by atoms with van der Waals surface area (Å²) in [7, 11) is 1.42. The first-order valence-corrected chi connectivity index (χ1v) is 4.28. The van der Waals surface area contributed by atoms with Gasteiger partial charge in [0.05, 0.1) is 13.5 Å². The van der Waals surface area contributed by atoms with E-state index in [2.05, 4.69) is 10.1 Å². The molecule has 68 valence electrons. The summed E-state index contributed by atoms with van der Waals surface area (Å²) in [6.45, 7) is 2.02. The lowest BCUT2D eigenvalue weighted by Crippen LogP contribution is -2.23. The number of rotatable bonds is 2. The number of esters is 1. The van der Waals surface area contributed by atoms with Crippen LogP contribution in [-0.4, -0.2) is 26.2 Å². The van der Waals surface area contributed by atoms with E-state index in [1.807, 2.05) is 6.08 Å². The van der Waals surface area contributed by atoms with Gasteiger partial charge < -0.3 is 10.1 Å². The minimum atomic E-state index is -0.159. The molecule has 0 unspecified atom stereocenters. The van der Waals surface area contributed by atoms with Crippen LogP contribution in [-0.2, 0) is 9.53 Å². The molecule has 3 heteroatoms. The minimum Gasteiger partial charge on any atom is -0.469 e. The average Bonchev–Trinajstić information content (AvgIpc) is 2.16. The lowest BCUT2D eigenvalue weighted by atomic mass is 10.1. The van der Waals surface area contributed by atoms with Crippen LogP contribution in [0.1, 0.15) is 19.3 Å². The highest BCUT2D eigenvalue weighted by Gasteiger charge is 2.04. The third-order valence-corrected chi connectivity index (χ3v) is 1.99. The summed E-state index contributed by atoms with van der Waals surface area (Å²) in [6.07, 6.45) is 4.67. The van der Waals surface area contributed by atoms with Crippen LogP contribution < -0.4 is 5.32 Å². The van der Waals surface area contributed by atoms with Crippen molar-refractivity contribution >= 4 is 5.97 Å². The molecule has 0 spiro atoms. The van der Waals surface area contributed by atoms with Gasteiger partial charge in [0.15, 0.2) is 0 Å². The van der Waals surface area contributed by atoms with Gasteiger partial charge in [-0.2, -0.15) is 0 Å². The molecule has 3 nitrogen and oxygen atoms in total. The molecule has 12 heavy (non-hydrogen) atoms. The highest BCUT2D eigenvalue weighted by atomic mass is 16.5. The number of nitrogens with one attached hydrogen (secondary N) is 1. The number of ether oxygens (including phenoxy) is 1. The first kappa shape index (κ1) is 9.26. The van der Waals surface area contributed by atoms with Crippen LogP contribution in [0.2, 0.25) is 0 Å². The van der Waals surface area contributed by atoms with Crippen LogP contribution in [0.15, 0.2) is 11.6 Å². The molecule has 0 aromatic carbocycles. The second-order valence-electron chi connectivity index (χ2n) is 2.92. The van der Waals surface area contributed by atoms with E-state index in [1.54, 1.807) is 0 Å². The molecular formula is C9H15NO2. The minimum absolute atomic E-state index is 0.159. The van der Waals surface area contributed by atoms with Crippen molar-refractivity contribution in [2.24, 2.45) is 0 Å². The predicted octanol–water partition coefficient (Wildman–Crippen LogP) is 0.859. The molecule has 1 N–H and O–H groups in total. The topological polar surface area (TPSA) is 38.3 Å². The van der Waals surface area contributed by atoms with E-state index in [0.29, 0.717) is 6.42 Å². The SMILES string of the molecule is COC(=O)C/C=C1/CCCNC1. The standard InChI is InChI=1S/C9H15NO2/c1-12-9(11)5-4-8-3-2-6-10-7-8/h4,10H,2-3,5-7H2,1H3/b8-4-. The zero-order chi connectivity index (χ0) is 8.81. The number of carbonyl (C=O) groups is 1. The molecule has 0 aromatic rings. The summed E-state index contributed by atoms with van der Waals surface area (Å²) in [5, 5.41) is 3.26. The maximum absolute atomic E-state index is 10.8. The van der Waals surface area contributed by atoms with E-state index in [9.17, 15) is 4.79 Å². The summed E-state index contributed by atoms with van der Waals surface area (Å²) in [5.74, 6) is -0.159. The molecule has 0 radical (unpaired) electrons. The summed E-state index contributed by atoms with van der Waals surface area (Å²) < 4.78 is 4.54. The number of hydrogen-bond donors (Lipinski definition) is 1. The van der Waals surface area contributed by atoms with Crippen molar-refractivity contribution in [2.45, 2.75) is 19.3 Å². The predicted molar refractivity (Wildman–Crippen MR) is 46.8 cm³/mol. The van der Waals surface area contributed by atoms with Gasteiger partial charge in [-0.3, -0.25) is 4.79 Å². The van der Waals surface area contributed by atoms with Crippen LogP contribution in [0.3, 0.4) is 0 Å². The molecule has 1 saturated heterocycles. The zero-order valence-corrected chi connectivity index (χ0v) is 7.43. The largest absolute Gasteiger partial charge is 0.469 e. The number of carbonyl (C=O) groups excluding carboxylic acids is 1. The summed E-state index contributed by atoms with van der Waals surface area (Å²) in [6, 6.07) is 0. The normalized spacial score (nSPS) is 20.9. The Labute approximate surface area is 72.8 Å². The molecule has 0 aliphatic carbocycles. The Balaban J connectivity index is 2.29. The molecule has 1 aliphatic rings. The van der Waals surface area contributed by atoms with Crippen molar-refractivity contribution in [3.63, 3.8) is 0 Å². The Morgan fingerprint density at radius 2 is 2.58 bits per heavy atom. The third-order valence-electron chi connectivity index (χ3n) is 1.99. The van der Waals surface area contributed by atoms with Crippen LogP contribution >= 0.6 is 0 Å². The van der Waals surface area contributed by atoms with Crippen LogP contribution in [0.25, 0.3) is 0 Å². The van der Waals surface area contributed by atoms with Crippen molar-refractivity contribution in [2.75, 3.05) is 20.2 Å². The van der Waals surface area contributed by atoms with Crippen molar-refractivity contribution in [3.05, 3.63) is 11.6 Å². The lowest BCUT2D eigenvalue weighted by Gasteiger charge is -2.14. The molecule has 1 heterocycles. The first-order chi connectivity index (χ1) is 5.83. The molecular weight excluding hydrogens is 154 g/mol. The van der Waals surface area contributed by atoms with Gasteiger partial charge in [0.2, 0.25) is 0 Å². The monoisotopic (exact) mass is 169 g/mol. The number of methoxy groups -OCH3 is 1. The van der Waals surface area contributed by atoms with Gasteiger partial charge in [-0.15, -0.1) is 0 Å². The van der Waals surface area contributed by atoms with E-state index in [0.717, 1.165) is 19.5 Å². The maximum atomic E-state index is 10.8. The Bertz CT molecular complexity index is 179. The van der Waals surface area contributed by atoms with E-state index in [-0.39, 0.29) is 5.97 Å². The van der Waals surface area contributed by atoms with Crippen LogP contribution in [0, 0.1) is 0 Å². The van der Waals surface area contributed by atoms with Crippen molar-refractivity contribution in [3.8, 4) is 0 Å². The fourth-order valence-electron chi connectivity index (χ4n) is 1.26. The van der Waals surface area contributed by atoms with Gasteiger partial charge in [0, 0.05) is 6.54 Å². The van der Waals surface area contributed by atoms with Gasteiger partial charge in [-0.05, 0) is 19.4 Å². The molecule has 1 rings (SSSR count). The van der Waals surface area contributed by atoms with Crippen molar-refractivity contribution in [1.29, 1.82) is 0 Å². The number of hydrogen-bond acceptors (Lipinski definition) is 3. The van der Waals surface area contributed by atoms with Crippen molar-refractivity contribution < 1.29 is 9.53 Å². The van der Waals surface area contributed by atoms with E-state index >= 15 is 0 Å². The molecule has 0 atom stereocenters. The Hall–Kier alpha value is -0.830. The molecule has 1 fully saturated rings. The fraction of sp³-hybridized carbons (Fsp3) is 0.667. The number of piperidine rings is 1. The molecule has 0 aromatic heterocycles. The Kier molecular flexibility index (Phi) is 3.80. The molecule has 0 bridgehead atoms. The second-order valence-corrected chi connectivity index (χ2v) is 2.92. The van der Waals surface area contributed by atoms with Gasteiger partial charge in [0.1, 0.15) is 0 Å².